The molecule has 0 spiro atoms. The lowest BCUT2D eigenvalue weighted by molar-refractivity contribution is -0.384. The van der Waals surface area contributed by atoms with Crippen LogP contribution in [0.1, 0.15) is 39.2 Å². The van der Waals surface area contributed by atoms with Gasteiger partial charge in [-0.15, -0.1) is 4.99 Å². The van der Waals surface area contributed by atoms with Crippen LogP contribution in [-0.4, -0.2) is 59.3 Å². The summed E-state index contributed by atoms with van der Waals surface area (Å²) >= 11 is 0. The first-order valence-electron chi connectivity index (χ1n) is 10.7. The Morgan fingerprint density at radius 3 is 2.66 bits per heavy atom. The normalized spacial score (nSPS) is 15.4. The van der Waals surface area contributed by atoms with Gasteiger partial charge in [0.15, 0.2) is 0 Å². The Kier molecular flexibility index (Phi) is 8.07. The molecule has 1 aromatic carbocycles. The molecule has 172 valence electrons. The van der Waals surface area contributed by atoms with Gasteiger partial charge in [0.2, 0.25) is 5.69 Å². The second-order valence-electron chi connectivity index (χ2n) is 7.57. The van der Waals surface area contributed by atoms with E-state index < -0.39 is 0 Å². The maximum Gasteiger partial charge on any atom is 0.551 e. The smallest absolute Gasteiger partial charge is 0.491 e. The quantitative estimate of drug-likeness (QED) is 0.318. The Morgan fingerprint density at radius 2 is 2.00 bits per heavy atom. The van der Waals surface area contributed by atoms with E-state index in [2.05, 4.69) is 25.0 Å². The zero-order valence-electron chi connectivity index (χ0n) is 18.7. The fraction of sp³-hybridized carbons (Fsp3) is 0.455. The summed E-state index contributed by atoms with van der Waals surface area (Å²) in [4.78, 5) is 18.4. The number of nitrogens with one attached hydrogen (secondary N) is 1. The van der Waals surface area contributed by atoms with Crippen LogP contribution in [-0.2, 0) is 9.57 Å². The largest absolute Gasteiger partial charge is 0.551 e. The fourth-order valence-electron chi connectivity index (χ4n) is 3.33. The maximum atomic E-state index is 10.2. The van der Waals surface area contributed by atoms with Crippen molar-refractivity contribution in [1.82, 2.24) is 9.97 Å². The Morgan fingerprint density at radius 1 is 1.28 bits per heavy atom. The van der Waals surface area contributed by atoms with Crippen LogP contribution in [0, 0.1) is 0 Å². The minimum absolute atomic E-state index is 0.106. The number of ether oxygens (including phenoxy) is 2. The van der Waals surface area contributed by atoms with Crippen LogP contribution < -0.4 is 20.4 Å². The number of nitrogens with zero attached hydrogens (tertiary/aromatic N) is 4. The van der Waals surface area contributed by atoms with E-state index in [1.807, 2.05) is 45.0 Å². The summed E-state index contributed by atoms with van der Waals surface area (Å²) in [6.07, 6.45) is 4.15. The summed E-state index contributed by atoms with van der Waals surface area (Å²) in [5.41, 5.74) is 7.35. The van der Waals surface area contributed by atoms with Crippen LogP contribution in [0.15, 0.2) is 35.7 Å². The molecule has 0 unspecified atom stereocenters. The van der Waals surface area contributed by atoms with Crippen molar-refractivity contribution >= 4 is 29.6 Å². The van der Waals surface area contributed by atoms with Gasteiger partial charge in [0.05, 0.1) is 17.9 Å². The third-order valence-electron chi connectivity index (χ3n) is 4.78. The van der Waals surface area contributed by atoms with Crippen molar-refractivity contribution < 1.29 is 24.4 Å². The highest BCUT2D eigenvalue weighted by Gasteiger charge is 2.26. The third-order valence-corrected chi connectivity index (χ3v) is 4.78. The minimum Gasteiger partial charge on any atom is -0.491 e. The molecule has 2 aromatic rings. The summed E-state index contributed by atoms with van der Waals surface area (Å²) in [5.74, 6) is 1.82. The lowest BCUT2D eigenvalue weighted by atomic mass is 10.1. The number of piperidine rings is 1. The highest BCUT2D eigenvalue weighted by Crippen LogP contribution is 2.24. The minimum atomic E-state index is -0.225. The van der Waals surface area contributed by atoms with Gasteiger partial charge in [0.1, 0.15) is 36.4 Å². The molecule has 1 aliphatic rings. The fourth-order valence-corrected chi connectivity index (χ4v) is 3.33. The summed E-state index contributed by atoms with van der Waals surface area (Å²) in [6.45, 7) is 7.63. The molecule has 0 bridgehead atoms. The molecule has 1 saturated heterocycles. The average Bonchev–Trinajstić information content (AvgIpc) is 2.76. The van der Waals surface area contributed by atoms with Gasteiger partial charge in [-0.2, -0.15) is 0 Å². The van der Waals surface area contributed by atoms with Gasteiger partial charge in [0.25, 0.3) is 0 Å². The number of aliphatic hydroxyl groups excluding tert-OH is 1. The lowest BCUT2D eigenvalue weighted by Gasteiger charge is -2.32. The monoisotopic (exact) mass is 443 g/mol. The highest BCUT2D eigenvalue weighted by atomic mass is 16.6. The van der Waals surface area contributed by atoms with Crippen LogP contribution in [0.4, 0.5) is 17.3 Å². The van der Waals surface area contributed by atoms with E-state index in [1.165, 1.54) is 12.5 Å². The summed E-state index contributed by atoms with van der Waals surface area (Å²) < 4.78 is 11.3. The molecule has 1 aliphatic heterocycles. The van der Waals surface area contributed by atoms with Gasteiger partial charge in [0, 0.05) is 38.1 Å². The number of rotatable bonds is 8. The molecule has 0 amide bonds. The molecule has 32 heavy (non-hydrogen) atoms. The molecule has 0 aliphatic carbocycles. The Hall–Kier alpha value is -3.56. The summed E-state index contributed by atoms with van der Waals surface area (Å²) in [6, 6.07) is 7.33. The number of oxime groups is 1. The van der Waals surface area contributed by atoms with Gasteiger partial charge < -0.3 is 30.1 Å². The first kappa shape index (κ1) is 23.1. The third kappa shape index (κ3) is 6.47. The van der Waals surface area contributed by atoms with Crippen molar-refractivity contribution in [3.63, 3.8) is 0 Å². The highest BCUT2D eigenvalue weighted by molar-refractivity contribution is 5.91. The second-order valence-corrected chi connectivity index (χ2v) is 7.57. The number of aromatic nitrogens is 2. The van der Waals surface area contributed by atoms with Gasteiger partial charge >= 0.3 is 6.08 Å². The molecule has 3 rings (SSSR count). The number of nitrogens with two attached hydrogens (primary N) is 1. The van der Waals surface area contributed by atoms with E-state index >= 15 is 0 Å². The Labute approximate surface area is 187 Å². The van der Waals surface area contributed by atoms with E-state index in [-0.39, 0.29) is 18.3 Å². The van der Waals surface area contributed by atoms with Crippen molar-refractivity contribution in [2.75, 3.05) is 30.3 Å². The van der Waals surface area contributed by atoms with Gasteiger partial charge in [-0.05, 0) is 32.9 Å². The van der Waals surface area contributed by atoms with Gasteiger partial charge in [-0.3, -0.25) is 0 Å². The summed E-state index contributed by atoms with van der Waals surface area (Å²) in [7, 11) is 0. The van der Waals surface area contributed by atoms with Gasteiger partial charge in [-0.25, -0.2) is 9.97 Å². The van der Waals surface area contributed by atoms with E-state index in [0.717, 1.165) is 5.75 Å². The maximum absolute atomic E-state index is 10.2. The van der Waals surface area contributed by atoms with E-state index in [9.17, 15) is 5.11 Å². The first-order valence-corrected chi connectivity index (χ1v) is 10.7. The molecule has 10 nitrogen and oxygen atoms in total. The molecule has 4 N–H and O–H groups in total. The predicted molar refractivity (Wildman–Crippen MR) is 122 cm³/mol. The van der Waals surface area contributed by atoms with E-state index in [1.54, 1.807) is 0 Å². The van der Waals surface area contributed by atoms with E-state index in [4.69, 9.17) is 20.0 Å². The molecule has 0 radical (unpaired) electrons. The van der Waals surface area contributed by atoms with Crippen LogP contribution >= 0.6 is 0 Å². The Bertz CT molecular complexity index is 925. The number of benzene rings is 1. The summed E-state index contributed by atoms with van der Waals surface area (Å²) in [5, 5.41) is 14.1. The Balaban J connectivity index is 1.57. The molecule has 0 atom stereocenters. The van der Waals surface area contributed by atoms with Crippen molar-refractivity contribution in [2.24, 2.45) is 5.16 Å². The SMILES string of the molecule is CCO/N=C/c1c(N)ncnc1N1CCC(OC(O)=[NH+]c2ccc(OC(C)C)cc2)CC1. The second kappa shape index (κ2) is 11.2. The van der Waals surface area contributed by atoms with Crippen LogP contribution in [0.3, 0.4) is 0 Å². The molecule has 2 heterocycles. The zero-order chi connectivity index (χ0) is 22.9. The predicted octanol–water partition coefficient (Wildman–Crippen LogP) is 1.53. The van der Waals surface area contributed by atoms with Crippen molar-refractivity contribution in [1.29, 1.82) is 0 Å². The molecule has 1 fully saturated rings. The number of anilines is 2. The van der Waals surface area contributed by atoms with Crippen molar-refractivity contribution in [2.45, 2.75) is 45.8 Å². The number of nitrogen functional groups attached to an aromatic ring is 1. The average molecular weight is 444 g/mol. The topological polar surface area (TPSA) is 129 Å². The van der Waals surface area contributed by atoms with Gasteiger partial charge in [-0.1, -0.05) is 5.16 Å². The van der Waals surface area contributed by atoms with Crippen LogP contribution in [0.25, 0.3) is 0 Å². The van der Waals surface area contributed by atoms with Crippen LogP contribution in [0.2, 0.25) is 0 Å². The standard InChI is InChI=1S/C22H30N6O4/c1-4-30-26-13-19-20(23)24-14-25-21(19)28-11-9-18(10-12-28)32-22(29)27-16-5-7-17(8-6-16)31-15(2)3/h5-8,13-15,18H,4,9-12H2,1-3H3,(H,27,29)(H2,23,24,25)/p+1/b26-13+. The van der Waals surface area contributed by atoms with Crippen LogP contribution in [0.5, 0.6) is 5.75 Å². The van der Waals surface area contributed by atoms with Crippen molar-refractivity contribution in [3.8, 4) is 5.75 Å². The molecular formula is C22H31N6O4+. The number of hydrogen-bond donors (Lipinski definition) is 3. The first-order chi connectivity index (χ1) is 15.5. The zero-order valence-corrected chi connectivity index (χ0v) is 18.7. The molecule has 1 aromatic heterocycles. The lowest BCUT2D eigenvalue weighted by Crippen LogP contribution is -2.67. The molecule has 10 heteroatoms. The number of hydrogen-bond acceptors (Lipinski definition) is 8. The van der Waals surface area contributed by atoms with Crippen molar-refractivity contribution in [3.05, 3.63) is 36.2 Å². The molecular weight excluding hydrogens is 412 g/mol. The molecule has 0 saturated carbocycles. The number of aliphatic hydroxyl groups is 1. The van der Waals surface area contributed by atoms with E-state index in [0.29, 0.717) is 55.4 Å².